The number of nitrogens with one attached hydrogen (secondary N) is 1. The predicted octanol–water partition coefficient (Wildman–Crippen LogP) is 0.691. The molecule has 0 unspecified atom stereocenters. The molecule has 3 rings (SSSR count). The van der Waals surface area contributed by atoms with Crippen molar-refractivity contribution in [1.29, 1.82) is 0 Å². The van der Waals surface area contributed by atoms with Crippen LogP contribution in [-0.2, 0) is 16.4 Å². The van der Waals surface area contributed by atoms with Gasteiger partial charge >= 0.3 is 0 Å². The van der Waals surface area contributed by atoms with Gasteiger partial charge in [-0.2, -0.15) is 5.10 Å². The van der Waals surface area contributed by atoms with Crippen LogP contribution in [0.1, 0.15) is 12.1 Å². The van der Waals surface area contributed by atoms with E-state index >= 15 is 0 Å². The highest BCUT2D eigenvalue weighted by molar-refractivity contribution is 7.88. The summed E-state index contributed by atoms with van der Waals surface area (Å²) in [5.41, 5.74) is 2.47. The second-order valence-electron chi connectivity index (χ2n) is 5.34. The standard InChI is InChI=1S/C13H17N5O2S/c1-21(19,20)18-5-3-10(9-18)6-11-7-15-13(8-14-11)12-2-4-16-17-12/h2,4,7-8,10H,3,5-6,9H2,1H3,(H,16,17)/t10-/m1/s1. The van der Waals surface area contributed by atoms with E-state index in [0.29, 0.717) is 19.0 Å². The minimum atomic E-state index is -3.08. The molecule has 0 aliphatic carbocycles. The van der Waals surface area contributed by atoms with Gasteiger partial charge in [0.25, 0.3) is 0 Å². The average Bonchev–Trinajstić information content (AvgIpc) is 3.09. The molecule has 0 spiro atoms. The maximum Gasteiger partial charge on any atom is 0.211 e. The van der Waals surface area contributed by atoms with E-state index in [0.717, 1.165) is 29.9 Å². The summed E-state index contributed by atoms with van der Waals surface area (Å²) in [5, 5.41) is 6.72. The Labute approximate surface area is 123 Å². The SMILES string of the molecule is CS(=O)(=O)N1CC[C@H](Cc2cnc(-c3ccn[nH]3)cn2)C1. The first-order valence-electron chi connectivity index (χ1n) is 6.78. The molecule has 112 valence electrons. The molecule has 1 saturated heterocycles. The fourth-order valence-corrected chi connectivity index (χ4v) is 3.48. The minimum Gasteiger partial charge on any atom is -0.276 e. The van der Waals surface area contributed by atoms with Crippen LogP contribution in [0.15, 0.2) is 24.7 Å². The Hall–Kier alpha value is -1.80. The van der Waals surface area contributed by atoms with Gasteiger partial charge in [0.1, 0.15) is 5.69 Å². The van der Waals surface area contributed by atoms with Gasteiger partial charge in [-0.05, 0) is 24.8 Å². The van der Waals surface area contributed by atoms with Gasteiger partial charge in [0.2, 0.25) is 10.0 Å². The number of H-pyrrole nitrogens is 1. The molecular formula is C13H17N5O2S. The lowest BCUT2D eigenvalue weighted by molar-refractivity contribution is 0.459. The zero-order valence-electron chi connectivity index (χ0n) is 11.7. The van der Waals surface area contributed by atoms with Gasteiger partial charge in [0.15, 0.2) is 0 Å². The van der Waals surface area contributed by atoms with Crippen LogP contribution in [0.2, 0.25) is 0 Å². The summed E-state index contributed by atoms with van der Waals surface area (Å²) >= 11 is 0. The first-order chi connectivity index (χ1) is 10.0. The van der Waals surface area contributed by atoms with Crippen molar-refractivity contribution in [3.8, 4) is 11.4 Å². The molecule has 1 aliphatic rings. The van der Waals surface area contributed by atoms with Crippen LogP contribution in [-0.4, -0.2) is 52.2 Å². The van der Waals surface area contributed by atoms with E-state index < -0.39 is 10.0 Å². The average molecular weight is 307 g/mol. The number of sulfonamides is 1. The molecule has 1 fully saturated rings. The molecule has 1 N–H and O–H groups in total. The Morgan fingerprint density at radius 3 is 2.81 bits per heavy atom. The molecule has 7 nitrogen and oxygen atoms in total. The molecule has 21 heavy (non-hydrogen) atoms. The van der Waals surface area contributed by atoms with Crippen LogP contribution in [0.4, 0.5) is 0 Å². The molecular weight excluding hydrogens is 290 g/mol. The number of hydrogen-bond acceptors (Lipinski definition) is 5. The van der Waals surface area contributed by atoms with Crippen LogP contribution in [0.3, 0.4) is 0 Å². The molecule has 8 heteroatoms. The third kappa shape index (κ3) is 3.27. The lowest BCUT2D eigenvalue weighted by Crippen LogP contribution is -2.27. The second kappa shape index (κ2) is 5.53. The van der Waals surface area contributed by atoms with E-state index in [9.17, 15) is 8.42 Å². The third-order valence-electron chi connectivity index (χ3n) is 3.70. The van der Waals surface area contributed by atoms with Gasteiger partial charge < -0.3 is 0 Å². The Morgan fingerprint density at radius 2 is 2.24 bits per heavy atom. The molecule has 1 atom stereocenters. The predicted molar refractivity (Wildman–Crippen MR) is 77.8 cm³/mol. The first-order valence-corrected chi connectivity index (χ1v) is 8.63. The summed E-state index contributed by atoms with van der Waals surface area (Å²) in [5.74, 6) is 0.312. The fourth-order valence-electron chi connectivity index (χ4n) is 2.56. The number of hydrogen-bond donors (Lipinski definition) is 1. The highest BCUT2D eigenvalue weighted by atomic mass is 32.2. The Bertz CT molecular complexity index is 697. The number of aromatic nitrogens is 4. The van der Waals surface area contributed by atoms with Crippen molar-refractivity contribution < 1.29 is 8.42 Å². The highest BCUT2D eigenvalue weighted by Gasteiger charge is 2.28. The van der Waals surface area contributed by atoms with Gasteiger partial charge in [-0.25, -0.2) is 12.7 Å². The normalized spacial score (nSPS) is 20.0. The van der Waals surface area contributed by atoms with E-state index in [2.05, 4.69) is 20.2 Å². The summed E-state index contributed by atoms with van der Waals surface area (Å²) in [6.07, 6.45) is 8.02. The van der Waals surface area contributed by atoms with Gasteiger partial charge in [0.05, 0.1) is 23.8 Å². The zero-order valence-corrected chi connectivity index (χ0v) is 12.5. The van der Waals surface area contributed by atoms with Crippen molar-refractivity contribution in [2.75, 3.05) is 19.3 Å². The van der Waals surface area contributed by atoms with Gasteiger partial charge in [-0.1, -0.05) is 0 Å². The number of nitrogens with zero attached hydrogens (tertiary/aromatic N) is 4. The van der Waals surface area contributed by atoms with Gasteiger partial charge in [-0.3, -0.25) is 15.1 Å². The molecule has 2 aromatic heterocycles. The maximum absolute atomic E-state index is 11.5. The third-order valence-corrected chi connectivity index (χ3v) is 4.97. The summed E-state index contributed by atoms with van der Waals surface area (Å²) in [7, 11) is -3.08. The quantitative estimate of drug-likeness (QED) is 0.897. The Balaban J connectivity index is 1.64. The molecule has 0 aromatic carbocycles. The molecule has 0 saturated carbocycles. The van der Waals surface area contributed by atoms with E-state index in [1.54, 1.807) is 18.6 Å². The van der Waals surface area contributed by atoms with Crippen molar-refractivity contribution in [3.63, 3.8) is 0 Å². The Morgan fingerprint density at radius 1 is 1.38 bits per heavy atom. The fraction of sp³-hybridized carbons (Fsp3) is 0.462. The summed E-state index contributed by atoms with van der Waals surface area (Å²) in [6.45, 7) is 1.17. The van der Waals surface area contributed by atoms with E-state index in [1.807, 2.05) is 6.07 Å². The molecule has 1 aliphatic heterocycles. The van der Waals surface area contributed by atoms with Crippen molar-refractivity contribution >= 4 is 10.0 Å². The van der Waals surface area contributed by atoms with Gasteiger partial charge in [0, 0.05) is 25.5 Å². The molecule has 0 radical (unpaired) electrons. The van der Waals surface area contributed by atoms with Crippen LogP contribution < -0.4 is 0 Å². The van der Waals surface area contributed by atoms with Crippen molar-refractivity contribution in [2.24, 2.45) is 5.92 Å². The van der Waals surface area contributed by atoms with Gasteiger partial charge in [-0.15, -0.1) is 0 Å². The van der Waals surface area contributed by atoms with Crippen LogP contribution in [0, 0.1) is 5.92 Å². The smallest absolute Gasteiger partial charge is 0.211 e. The van der Waals surface area contributed by atoms with Crippen LogP contribution in [0.5, 0.6) is 0 Å². The first kappa shape index (κ1) is 14.2. The summed E-state index contributed by atoms with van der Waals surface area (Å²) in [4.78, 5) is 8.77. The Kier molecular flexibility index (Phi) is 3.73. The molecule has 0 bridgehead atoms. The minimum absolute atomic E-state index is 0.312. The van der Waals surface area contributed by atoms with E-state index in [1.165, 1.54) is 10.6 Å². The maximum atomic E-state index is 11.5. The molecule has 2 aromatic rings. The summed E-state index contributed by atoms with van der Waals surface area (Å²) in [6, 6.07) is 1.84. The van der Waals surface area contributed by atoms with E-state index in [4.69, 9.17) is 0 Å². The summed E-state index contributed by atoms with van der Waals surface area (Å²) < 4.78 is 24.5. The number of rotatable bonds is 4. The van der Waals surface area contributed by atoms with Crippen molar-refractivity contribution in [3.05, 3.63) is 30.4 Å². The highest BCUT2D eigenvalue weighted by Crippen LogP contribution is 2.22. The molecule has 0 amide bonds. The second-order valence-corrected chi connectivity index (χ2v) is 7.33. The lowest BCUT2D eigenvalue weighted by atomic mass is 10.0. The van der Waals surface area contributed by atoms with E-state index in [-0.39, 0.29) is 0 Å². The van der Waals surface area contributed by atoms with Crippen molar-refractivity contribution in [1.82, 2.24) is 24.5 Å². The lowest BCUT2D eigenvalue weighted by Gasteiger charge is -2.13. The van der Waals surface area contributed by atoms with Crippen LogP contribution >= 0.6 is 0 Å². The van der Waals surface area contributed by atoms with Crippen LogP contribution in [0.25, 0.3) is 11.4 Å². The largest absolute Gasteiger partial charge is 0.276 e. The zero-order chi connectivity index (χ0) is 14.9. The number of aromatic amines is 1. The molecule has 3 heterocycles. The topological polar surface area (TPSA) is 91.8 Å². The van der Waals surface area contributed by atoms with Crippen molar-refractivity contribution in [2.45, 2.75) is 12.8 Å². The monoisotopic (exact) mass is 307 g/mol.